The fourth-order valence-electron chi connectivity index (χ4n) is 1.76. The highest BCUT2D eigenvalue weighted by Crippen LogP contribution is 2.52. The lowest BCUT2D eigenvalue weighted by atomic mass is 10.5. The van der Waals surface area contributed by atoms with Gasteiger partial charge in [0.1, 0.15) is 0 Å². The topological polar surface area (TPSA) is 69.7 Å². The molecule has 2 aliphatic heterocycles. The van der Waals surface area contributed by atoms with Crippen LogP contribution in [-0.2, 0) is 27.8 Å². The number of hydroxylamine groups is 4. The molecular weight excluding hydrogens is 306 g/mol. The Hall–Kier alpha value is -0.380. The van der Waals surface area contributed by atoms with Crippen molar-refractivity contribution in [2.75, 3.05) is 52.6 Å². The Morgan fingerprint density at radius 3 is 1.86 bits per heavy atom. The summed E-state index contributed by atoms with van der Waals surface area (Å²) in [6.45, 7) is 6.53. The van der Waals surface area contributed by atoms with E-state index in [2.05, 4.69) is 6.58 Å². The van der Waals surface area contributed by atoms with Crippen molar-refractivity contribution in [3.8, 4) is 0 Å². The van der Waals surface area contributed by atoms with Crippen molar-refractivity contribution < 1.29 is 32.2 Å². The van der Waals surface area contributed by atoms with Crippen LogP contribution in [0.25, 0.3) is 0 Å². The summed E-state index contributed by atoms with van der Waals surface area (Å²) in [6.07, 6.45) is -1.07. The van der Waals surface area contributed by atoms with Crippen LogP contribution < -0.4 is 0 Å². The molecule has 1 atom stereocenters. The Kier molecular flexibility index (Phi) is 6.72. The quantitative estimate of drug-likeness (QED) is 0.509. The number of rotatable bonds is 7. The van der Waals surface area contributed by atoms with Crippen LogP contribution >= 0.6 is 7.82 Å². The van der Waals surface area contributed by atoms with Crippen molar-refractivity contribution in [2.24, 2.45) is 0 Å². The molecule has 0 bridgehead atoms. The van der Waals surface area contributed by atoms with Gasteiger partial charge in [0.2, 0.25) is 6.36 Å². The minimum atomic E-state index is -4.13. The second kappa shape index (κ2) is 8.30. The third-order valence-corrected chi connectivity index (χ3v) is 4.11. The number of hydrogen-bond acceptors (Lipinski definition) is 8. The standard InChI is InChI=1S/C11H20FN2O6P/c1-2-11(12)18-21(15,19-13-3-7-16-8-4-13)20-14-5-9-17-10-6-14/h2,11H,1,3-10H2. The van der Waals surface area contributed by atoms with Crippen molar-refractivity contribution in [3.05, 3.63) is 12.7 Å². The average Bonchev–Trinajstić information content (AvgIpc) is 2.48. The summed E-state index contributed by atoms with van der Waals surface area (Å²) in [4.78, 5) is 0. The number of ether oxygens (including phenoxy) is 2. The third-order valence-electron chi connectivity index (χ3n) is 2.79. The van der Waals surface area contributed by atoms with Gasteiger partial charge in [-0.05, 0) is 6.08 Å². The lowest BCUT2D eigenvalue weighted by Crippen LogP contribution is -2.39. The van der Waals surface area contributed by atoms with E-state index in [-0.39, 0.29) is 0 Å². The van der Waals surface area contributed by atoms with Gasteiger partial charge in [-0.2, -0.15) is 19.4 Å². The van der Waals surface area contributed by atoms with Gasteiger partial charge < -0.3 is 9.47 Å². The predicted molar refractivity (Wildman–Crippen MR) is 70.7 cm³/mol. The first kappa shape index (κ1) is 17.0. The summed E-state index contributed by atoms with van der Waals surface area (Å²) < 4.78 is 51.5. The molecule has 0 radical (unpaired) electrons. The first-order chi connectivity index (χ1) is 10.1. The van der Waals surface area contributed by atoms with Crippen LogP contribution in [0.1, 0.15) is 0 Å². The molecule has 0 aromatic heterocycles. The maximum Gasteiger partial charge on any atom is 0.511 e. The third kappa shape index (κ3) is 5.72. The molecular formula is C11H20FN2O6P. The highest BCUT2D eigenvalue weighted by Gasteiger charge is 2.37. The van der Waals surface area contributed by atoms with E-state index < -0.39 is 14.2 Å². The Morgan fingerprint density at radius 2 is 1.48 bits per heavy atom. The number of nitrogens with zero attached hydrogens (tertiary/aromatic N) is 2. The Bertz CT molecular complexity index is 352. The fraction of sp³-hybridized carbons (Fsp3) is 0.818. The van der Waals surface area contributed by atoms with E-state index in [0.29, 0.717) is 52.6 Å². The molecule has 0 spiro atoms. The molecule has 0 amide bonds. The summed E-state index contributed by atoms with van der Waals surface area (Å²) in [5.41, 5.74) is 0. The van der Waals surface area contributed by atoms with Crippen molar-refractivity contribution in [1.82, 2.24) is 10.1 Å². The van der Waals surface area contributed by atoms with E-state index in [1.807, 2.05) is 0 Å². The van der Waals surface area contributed by atoms with Crippen LogP contribution in [0.3, 0.4) is 0 Å². The summed E-state index contributed by atoms with van der Waals surface area (Å²) in [5.74, 6) is 0. The van der Waals surface area contributed by atoms with Crippen LogP contribution in [0, 0.1) is 0 Å². The zero-order valence-electron chi connectivity index (χ0n) is 11.7. The maximum absolute atomic E-state index is 13.4. The Morgan fingerprint density at radius 1 is 1.05 bits per heavy atom. The summed E-state index contributed by atoms with van der Waals surface area (Å²) >= 11 is 0. The van der Waals surface area contributed by atoms with Gasteiger partial charge in [-0.25, -0.2) is 13.5 Å². The van der Waals surface area contributed by atoms with Crippen LogP contribution in [0.5, 0.6) is 0 Å². The zero-order valence-corrected chi connectivity index (χ0v) is 12.6. The van der Waals surface area contributed by atoms with Gasteiger partial charge >= 0.3 is 7.82 Å². The molecule has 0 N–H and O–H groups in total. The van der Waals surface area contributed by atoms with Crippen molar-refractivity contribution >= 4 is 7.82 Å². The Labute approximate surface area is 122 Å². The largest absolute Gasteiger partial charge is 0.511 e. The van der Waals surface area contributed by atoms with Crippen molar-refractivity contribution in [3.63, 3.8) is 0 Å². The molecule has 21 heavy (non-hydrogen) atoms. The van der Waals surface area contributed by atoms with E-state index in [1.165, 1.54) is 10.1 Å². The molecule has 2 fully saturated rings. The van der Waals surface area contributed by atoms with Gasteiger partial charge in [0.15, 0.2) is 0 Å². The van der Waals surface area contributed by atoms with Crippen LogP contribution in [0.2, 0.25) is 0 Å². The lowest BCUT2D eigenvalue weighted by Gasteiger charge is -2.32. The maximum atomic E-state index is 13.4. The smallest absolute Gasteiger partial charge is 0.379 e. The molecule has 1 unspecified atom stereocenters. The number of morpholine rings is 2. The van der Waals surface area contributed by atoms with E-state index in [4.69, 9.17) is 23.2 Å². The molecule has 10 heteroatoms. The SMILES string of the molecule is C=CC(F)OP(=O)(ON1CCOCC1)ON1CCOCC1. The first-order valence-corrected chi connectivity index (χ1v) is 8.17. The number of alkyl halides is 1. The van der Waals surface area contributed by atoms with Gasteiger partial charge in [-0.15, -0.1) is 0 Å². The molecule has 0 aromatic rings. The van der Waals surface area contributed by atoms with Crippen molar-refractivity contribution in [1.29, 1.82) is 0 Å². The first-order valence-electron chi connectivity index (χ1n) is 6.71. The second-order valence-corrected chi connectivity index (χ2v) is 5.82. The molecule has 122 valence electrons. The molecule has 2 rings (SSSR count). The molecule has 2 aliphatic rings. The highest BCUT2D eigenvalue weighted by atomic mass is 31.2. The molecule has 0 saturated carbocycles. The van der Waals surface area contributed by atoms with Crippen molar-refractivity contribution in [2.45, 2.75) is 6.36 Å². The number of phosphoric acid groups is 1. The molecule has 2 saturated heterocycles. The van der Waals surface area contributed by atoms with Crippen LogP contribution in [-0.4, -0.2) is 69.1 Å². The van der Waals surface area contributed by atoms with E-state index in [0.717, 1.165) is 6.08 Å². The van der Waals surface area contributed by atoms with Gasteiger partial charge in [-0.1, -0.05) is 6.58 Å². The monoisotopic (exact) mass is 326 g/mol. The molecule has 0 aromatic carbocycles. The van der Waals surface area contributed by atoms with Gasteiger partial charge in [0.25, 0.3) is 0 Å². The van der Waals surface area contributed by atoms with Crippen LogP contribution in [0.4, 0.5) is 4.39 Å². The van der Waals surface area contributed by atoms with Gasteiger partial charge in [-0.3, -0.25) is 0 Å². The second-order valence-electron chi connectivity index (χ2n) is 4.39. The Balaban J connectivity index is 1.97. The zero-order chi connectivity index (χ0) is 15.1. The number of hydrogen-bond donors (Lipinski definition) is 0. The van der Waals surface area contributed by atoms with E-state index in [1.54, 1.807) is 0 Å². The normalized spacial score (nSPS) is 23.9. The lowest BCUT2D eigenvalue weighted by molar-refractivity contribution is -0.188. The summed E-state index contributed by atoms with van der Waals surface area (Å²) in [7, 11) is -4.13. The van der Waals surface area contributed by atoms with E-state index >= 15 is 0 Å². The summed E-state index contributed by atoms with van der Waals surface area (Å²) in [6, 6.07) is 0. The molecule has 2 heterocycles. The number of halogens is 1. The van der Waals surface area contributed by atoms with Gasteiger partial charge in [0, 0.05) is 26.2 Å². The molecule has 8 nitrogen and oxygen atoms in total. The minimum absolute atomic E-state index is 0.394. The summed E-state index contributed by atoms with van der Waals surface area (Å²) in [5, 5.41) is 2.78. The predicted octanol–water partition coefficient (Wildman–Crippen LogP) is 1.12. The minimum Gasteiger partial charge on any atom is -0.379 e. The molecule has 0 aliphatic carbocycles. The van der Waals surface area contributed by atoms with Crippen LogP contribution in [0.15, 0.2) is 12.7 Å². The van der Waals surface area contributed by atoms with Gasteiger partial charge in [0.05, 0.1) is 26.4 Å². The fourth-order valence-corrected chi connectivity index (χ4v) is 3.09. The van der Waals surface area contributed by atoms with E-state index in [9.17, 15) is 8.96 Å². The average molecular weight is 326 g/mol. The highest BCUT2D eigenvalue weighted by molar-refractivity contribution is 7.48.